The van der Waals surface area contributed by atoms with Crippen molar-refractivity contribution in [2.75, 3.05) is 13.6 Å². The smallest absolute Gasteiger partial charge is 0.344 e. The van der Waals surface area contributed by atoms with Gasteiger partial charge in [0, 0.05) is 24.8 Å². The van der Waals surface area contributed by atoms with Gasteiger partial charge in [-0.05, 0) is 62.1 Å². The Bertz CT molecular complexity index is 1070. The van der Waals surface area contributed by atoms with Gasteiger partial charge in [-0.3, -0.25) is 15.1 Å². The minimum atomic E-state index is -4.50. The van der Waals surface area contributed by atoms with Crippen LogP contribution >= 0.6 is 12.4 Å². The zero-order chi connectivity index (χ0) is 21.7. The van der Waals surface area contributed by atoms with Crippen molar-refractivity contribution in [1.82, 2.24) is 15.2 Å². The molecule has 0 bridgehead atoms. The van der Waals surface area contributed by atoms with E-state index in [0.29, 0.717) is 36.3 Å². The second kappa shape index (κ2) is 8.13. The van der Waals surface area contributed by atoms with Crippen molar-refractivity contribution >= 4 is 18.3 Å². The first-order valence-electron chi connectivity index (χ1n) is 9.76. The van der Waals surface area contributed by atoms with Crippen LogP contribution < -0.4 is 5.32 Å². The summed E-state index contributed by atoms with van der Waals surface area (Å²) in [5.41, 5.74) is 0.833. The Morgan fingerprint density at radius 3 is 2.61 bits per heavy atom. The minimum Gasteiger partial charge on any atom is -0.344 e. The van der Waals surface area contributed by atoms with Gasteiger partial charge in [0.15, 0.2) is 0 Å². The predicted octanol–water partition coefficient (Wildman–Crippen LogP) is 4.39. The van der Waals surface area contributed by atoms with E-state index in [1.54, 1.807) is 31.0 Å². The number of likely N-dealkylation sites (tertiary alicyclic amines) is 1. The molecule has 1 amide bonds. The van der Waals surface area contributed by atoms with Crippen molar-refractivity contribution in [3.63, 3.8) is 0 Å². The largest absolute Gasteiger partial charge is 0.416 e. The molecular formula is C22H22ClF3N4O. The molecule has 164 valence electrons. The van der Waals surface area contributed by atoms with Gasteiger partial charge < -0.3 is 4.90 Å². The normalized spacial score (nSPS) is 23.2. The van der Waals surface area contributed by atoms with Gasteiger partial charge in [-0.15, -0.1) is 12.4 Å². The molecule has 3 heterocycles. The Balaban J connectivity index is 0.00000272. The van der Waals surface area contributed by atoms with E-state index in [1.807, 2.05) is 6.07 Å². The highest BCUT2D eigenvalue weighted by Crippen LogP contribution is 2.40. The van der Waals surface area contributed by atoms with Gasteiger partial charge in [0.1, 0.15) is 5.54 Å². The number of hydrogen-bond acceptors (Lipinski definition) is 4. The van der Waals surface area contributed by atoms with Crippen molar-refractivity contribution in [3.05, 3.63) is 52.8 Å². The number of aryl methyl sites for hydroxylation is 1. The third-order valence-corrected chi connectivity index (χ3v) is 6.05. The molecule has 1 spiro atoms. The third kappa shape index (κ3) is 4.12. The van der Waals surface area contributed by atoms with Crippen LogP contribution in [0.1, 0.15) is 47.8 Å². The molecule has 0 unspecified atom stereocenters. The van der Waals surface area contributed by atoms with E-state index in [-0.39, 0.29) is 35.5 Å². The van der Waals surface area contributed by atoms with Crippen LogP contribution in [0.5, 0.6) is 0 Å². The first kappa shape index (κ1) is 23.0. The maximum atomic E-state index is 13.2. The molecule has 1 N–H and O–H groups in total. The molecule has 9 heteroatoms. The number of pyridine rings is 1. The van der Waals surface area contributed by atoms with Crippen LogP contribution in [0.15, 0.2) is 30.3 Å². The quantitative estimate of drug-likeness (QED) is 0.736. The first-order valence-corrected chi connectivity index (χ1v) is 9.76. The minimum absolute atomic E-state index is 0. The highest BCUT2D eigenvalue weighted by atomic mass is 35.5. The number of nitriles is 1. The highest BCUT2D eigenvalue weighted by Gasteiger charge is 2.50. The summed E-state index contributed by atoms with van der Waals surface area (Å²) in [5.74, 6) is 0.0718. The number of amides is 1. The van der Waals surface area contributed by atoms with Crippen molar-refractivity contribution in [1.29, 1.82) is 5.26 Å². The van der Waals surface area contributed by atoms with E-state index in [0.717, 1.165) is 18.6 Å². The lowest BCUT2D eigenvalue weighted by atomic mass is 9.95. The Labute approximate surface area is 184 Å². The molecule has 31 heavy (non-hydrogen) atoms. The fourth-order valence-electron chi connectivity index (χ4n) is 4.47. The molecule has 2 atom stereocenters. The number of likely N-dealkylation sites (N-methyl/N-ethyl adjacent to an activating group) is 1. The van der Waals surface area contributed by atoms with Crippen molar-refractivity contribution < 1.29 is 18.0 Å². The number of nitrogens with one attached hydrogen (secondary N) is 1. The van der Waals surface area contributed by atoms with E-state index in [4.69, 9.17) is 0 Å². The van der Waals surface area contributed by atoms with Crippen molar-refractivity contribution in [2.24, 2.45) is 0 Å². The second-order valence-corrected chi connectivity index (χ2v) is 8.09. The molecule has 0 saturated carbocycles. The molecule has 2 aromatic rings. The molecule has 2 saturated heterocycles. The van der Waals surface area contributed by atoms with Gasteiger partial charge in [0.25, 0.3) is 0 Å². The van der Waals surface area contributed by atoms with Crippen LogP contribution in [0.2, 0.25) is 0 Å². The fourth-order valence-corrected chi connectivity index (χ4v) is 4.47. The van der Waals surface area contributed by atoms with Gasteiger partial charge >= 0.3 is 6.18 Å². The number of alkyl halides is 3. The molecule has 4 rings (SSSR count). The van der Waals surface area contributed by atoms with Crippen LogP contribution in [-0.2, 0) is 11.0 Å². The van der Waals surface area contributed by atoms with Crippen LogP contribution in [0.25, 0.3) is 11.1 Å². The Morgan fingerprint density at radius 2 is 2.00 bits per heavy atom. The van der Waals surface area contributed by atoms with Gasteiger partial charge in [0.2, 0.25) is 5.91 Å². The van der Waals surface area contributed by atoms with Crippen molar-refractivity contribution in [2.45, 2.75) is 43.9 Å². The lowest BCUT2D eigenvalue weighted by Gasteiger charge is -2.23. The van der Waals surface area contributed by atoms with E-state index < -0.39 is 17.3 Å². The molecule has 0 radical (unpaired) electrons. The average molecular weight is 451 g/mol. The molecular weight excluding hydrogens is 429 g/mol. The number of hydrogen-bond donors (Lipinski definition) is 1. The molecule has 1 aromatic carbocycles. The first-order chi connectivity index (χ1) is 14.1. The number of rotatable bonds is 2. The topological polar surface area (TPSA) is 69.0 Å². The summed E-state index contributed by atoms with van der Waals surface area (Å²) in [4.78, 5) is 18.9. The van der Waals surface area contributed by atoms with E-state index in [2.05, 4.69) is 10.3 Å². The molecule has 1 aromatic heterocycles. The Morgan fingerprint density at radius 1 is 1.26 bits per heavy atom. The van der Waals surface area contributed by atoms with Crippen LogP contribution in [0, 0.1) is 18.3 Å². The highest BCUT2D eigenvalue weighted by molar-refractivity contribution is 5.88. The SMILES string of the molecule is Cc1cc(-c2cc(C(F)(F)F)ccc2C#N)cc([C@H]2CC[C@]3(CCN(C)C3=O)N2)n1.Cl. The van der Waals surface area contributed by atoms with E-state index in [1.165, 1.54) is 6.07 Å². The summed E-state index contributed by atoms with van der Waals surface area (Å²) >= 11 is 0. The zero-order valence-corrected chi connectivity index (χ0v) is 17.9. The molecule has 2 aliphatic rings. The Hall–Kier alpha value is -2.63. The van der Waals surface area contributed by atoms with Crippen LogP contribution in [-0.4, -0.2) is 34.9 Å². The number of nitrogens with zero attached hydrogens (tertiary/aromatic N) is 3. The maximum absolute atomic E-state index is 13.2. The second-order valence-electron chi connectivity index (χ2n) is 8.09. The zero-order valence-electron chi connectivity index (χ0n) is 17.1. The summed E-state index contributed by atoms with van der Waals surface area (Å²) in [6.45, 7) is 2.46. The number of carbonyl (C=O) groups is 1. The number of aromatic nitrogens is 1. The summed E-state index contributed by atoms with van der Waals surface area (Å²) in [6, 6.07) is 8.34. The standard InChI is InChI=1S/C22H21F3N4O.ClH/c1-13-9-15(17-11-16(22(23,24)25)4-3-14(17)12-26)10-19(27-13)18-5-6-21(28-18)7-8-29(2)20(21)30;/h3-4,9-11,18,28H,5-8H2,1-2H3;1H/t18-,21-;/m1./s1. The Kier molecular flexibility index (Phi) is 6.05. The lowest BCUT2D eigenvalue weighted by molar-refractivity contribution is -0.137. The molecule has 2 fully saturated rings. The number of halogens is 4. The van der Waals surface area contributed by atoms with Crippen LogP contribution in [0.3, 0.4) is 0 Å². The molecule has 2 aliphatic heterocycles. The summed E-state index contributed by atoms with van der Waals surface area (Å²) < 4.78 is 39.7. The summed E-state index contributed by atoms with van der Waals surface area (Å²) in [6.07, 6.45) is -2.37. The monoisotopic (exact) mass is 450 g/mol. The number of benzene rings is 1. The summed E-state index contributed by atoms with van der Waals surface area (Å²) in [7, 11) is 1.78. The lowest BCUT2D eigenvalue weighted by Crippen LogP contribution is -2.47. The third-order valence-electron chi connectivity index (χ3n) is 6.05. The van der Waals surface area contributed by atoms with Crippen LogP contribution in [0.4, 0.5) is 13.2 Å². The number of carbonyl (C=O) groups excluding carboxylic acids is 1. The van der Waals surface area contributed by atoms with E-state index >= 15 is 0 Å². The van der Waals surface area contributed by atoms with Gasteiger partial charge in [0.05, 0.1) is 28.9 Å². The van der Waals surface area contributed by atoms with Gasteiger partial charge in [-0.1, -0.05) is 0 Å². The average Bonchev–Trinajstić information content (AvgIpc) is 3.26. The maximum Gasteiger partial charge on any atom is 0.416 e. The molecule has 5 nitrogen and oxygen atoms in total. The van der Waals surface area contributed by atoms with Gasteiger partial charge in [-0.2, -0.15) is 18.4 Å². The fraction of sp³-hybridized carbons (Fsp3) is 0.409. The van der Waals surface area contributed by atoms with E-state index in [9.17, 15) is 23.2 Å². The predicted molar refractivity (Wildman–Crippen MR) is 111 cm³/mol. The molecule has 0 aliphatic carbocycles. The van der Waals surface area contributed by atoms with Crippen molar-refractivity contribution in [3.8, 4) is 17.2 Å². The summed E-state index contributed by atoms with van der Waals surface area (Å²) in [5, 5.41) is 12.8. The van der Waals surface area contributed by atoms with Gasteiger partial charge in [-0.25, -0.2) is 0 Å².